The normalized spacial score (nSPS) is 12.5. The lowest BCUT2D eigenvalue weighted by Gasteiger charge is -2.19. The number of benzene rings is 2. The Balaban J connectivity index is 0.000000924. The molecule has 2 atom stereocenters. The van der Waals surface area contributed by atoms with Crippen LogP contribution in [0.4, 0.5) is 4.39 Å². The summed E-state index contributed by atoms with van der Waals surface area (Å²) in [5.41, 5.74) is 2.16. The number of carbonyl (C=O) groups is 3. The molecule has 2 aromatic carbocycles. The van der Waals surface area contributed by atoms with Crippen LogP contribution in [0.3, 0.4) is 0 Å². The van der Waals surface area contributed by atoms with Crippen LogP contribution in [0, 0.1) is 18.7 Å². The number of halogens is 1. The molecule has 248 valence electrons. The quantitative estimate of drug-likeness (QED) is 0.200. The number of ether oxygens (including phenoxy) is 1. The van der Waals surface area contributed by atoms with Crippen LogP contribution in [-0.4, -0.2) is 49.4 Å². The summed E-state index contributed by atoms with van der Waals surface area (Å²) >= 11 is 0. The highest BCUT2D eigenvalue weighted by molar-refractivity contribution is 5.84. The van der Waals surface area contributed by atoms with Crippen LogP contribution >= 0.6 is 0 Å². The molecule has 0 heterocycles. The summed E-state index contributed by atoms with van der Waals surface area (Å²) in [5, 5.41) is 8.51. The second kappa shape index (κ2) is 25.1. The summed E-state index contributed by atoms with van der Waals surface area (Å²) < 4.78 is 18.1. The first-order chi connectivity index (χ1) is 20.9. The van der Waals surface area contributed by atoms with Gasteiger partial charge in [0.05, 0.1) is 12.6 Å². The van der Waals surface area contributed by atoms with Crippen LogP contribution in [-0.2, 0) is 20.8 Å². The zero-order valence-electron chi connectivity index (χ0n) is 28.4. The summed E-state index contributed by atoms with van der Waals surface area (Å²) in [6.07, 6.45) is 7.62. The Labute approximate surface area is 266 Å². The van der Waals surface area contributed by atoms with Gasteiger partial charge >= 0.3 is 0 Å². The van der Waals surface area contributed by atoms with Crippen molar-refractivity contribution in [2.24, 2.45) is 5.92 Å². The Bertz CT molecular complexity index is 1030. The predicted molar refractivity (Wildman–Crippen MR) is 179 cm³/mol. The lowest BCUT2D eigenvalue weighted by Crippen LogP contribution is -2.38. The van der Waals surface area contributed by atoms with Crippen molar-refractivity contribution in [1.29, 1.82) is 0 Å². The maximum atomic E-state index is 12.1. The number of Topliss-reactive ketones (excluding diaryl/α,β-unsaturated/α-hetero) is 1. The third-order valence-corrected chi connectivity index (χ3v) is 6.52. The molecule has 2 aromatic rings. The molecular weight excluding hydrogens is 557 g/mol. The number of ketones is 1. The van der Waals surface area contributed by atoms with Crippen molar-refractivity contribution in [3.63, 3.8) is 0 Å². The van der Waals surface area contributed by atoms with Gasteiger partial charge in [0.25, 0.3) is 0 Å². The number of aryl methyl sites for hydroxylation is 2. The molecule has 0 saturated heterocycles. The Morgan fingerprint density at radius 2 is 1.48 bits per heavy atom. The van der Waals surface area contributed by atoms with Gasteiger partial charge in [-0.15, -0.1) is 0 Å². The fourth-order valence-corrected chi connectivity index (χ4v) is 2.98. The maximum Gasteiger partial charge on any atom is 0.239 e. The van der Waals surface area contributed by atoms with Crippen LogP contribution in [0.2, 0.25) is 0 Å². The van der Waals surface area contributed by atoms with Gasteiger partial charge in [-0.2, -0.15) is 0 Å². The Morgan fingerprint density at radius 3 is 1.98 bits per heavy atom. The molecule has 0 aromatic heterocycles. The maximum absolute atomic E-state index is 12.1. The third-order valence-electron chi connectivity index (χ3n) is 6.52. The molecule has 1 aliphatic rings. The van der Waals surface area contributed by atoms with Crippen molar-refractivity contribution >= 4 is 17.6 Å². The lowest BCUT2D eigenvalue weighted by molar-refractivity contribution is -0.125. The highest BCUT2D eigenvalue weighted by atomic mass is 19.1. The Morgan fingerprint density at radius 1 is 0.886 bits per heavy atom. The van der Waals surface area contributed by atoms with Gasteiger partial charge in [-0.05, 0) is 70.2 Å². The van der Waals surface area contributed by atoms with Gasteiger partial charge < -0.3 is 20.7 Å². The second-order valence-corrected chi connectivity index (χ2v) is 11.5. The van der Waals surface area contributed by atoms with E-state index in [0.717, 1.165) is 35.6 Å². The monoisotopic (exact) mass is 615 g/mol. The van der Waals surface area contributed by atoms with Crippen molar-refractivity contribution in [3.8, 4) is 5.75 Å². The number of amides is 2. The zero-order valence-corrected chi connectivity index (χ0v) is 28.4. The van der Waals surface area contributed by atoms with Crippen LogP contribution in [0.15, 0.2) is 48.5 Å². The third kappa shape index (κ3) is 24.2. The van der Waals surface area contributed by atoms with E-state index in [1.807, 2.05) is 45.0 Å². The van der Waals surface area contributed by atoms with E-state index >= 15 is 0 Å². The van der Waals surface area contributed by atoms with Gasteiger partial charge in [0.2, 0.25) is 11.8 Å². The summed E-state index contributed by atoms with van der Waals surface area (Å²) in [6, 6.07) is 14.0. The number of hydrogen-bond donors (Lipinski definition) is 3. The van der Waals surface area contributed by atoms with Crippen LogP contribution < -0.4 is 20.7 Å². The number of nitrogens with one attached hydrogen (secondary N) is 3. The summed E-state index contributed by atoms with van der Waals surface area (Å²) in [5.74, 6) is 1.30. The van der Waals surface area contributed by atoms with Gasteiger partial charge in [0, 0.05) is 19.5 Å². The molecule has 0 radical (unpaired) electrons. The zero-order chi connectivity index (χ0) is 33.3. The minimum Gasteiger partial charge on any atom is -0.489 e. The smallest absolute Gasteiger partial charge is 0.239 e. The standard InChI is InChI=1S/C21H33N3O4.C7H7F.C5H12.C3H6/c1-5-20(26)24-14-21(27)22-12-8-10-18-9-6-7-11-19(18)28-15(2)13-23-16(3)17(4)25;1-6-2-4-7(8)5-3-6;1-4-5(2)3;1-2-3-1/h6-7,9,11,15-16,23H,5,8,10,12-14H2,1-4H3,(H,22,27)(H,24,26);2-5H,1H3;5H,4H2,1-3H3;1-3H2. The molecule has 1 fully saturated rings. The van der Waals surface area contributed by atoms with Crippen molar-refractivity contribution in [1.82, 2.24) is 16.0 Å². The molecule has 44 heavy (non-hydrogen) atoms. The van der Waals surface area contributed by atoms with E-state index in [0.29, 0.717) is 19.5 Å². The van der Waals surface area contributed by atoms with Crippen molar-refractivity contribution in [2.45, 2.75) is 112 Å². The Hall–Kier alpha value is -3.26. The molecular formula is C36H58FN3O4. The number of carbonyl (C=O) groups excluding carboxylic acids is 3. The molecule has 3 rings (SSSR count). The highest BCUT2D eigenvalue weighted by Gasteiger charge is 2.12. The average molecular weight is 616 g/mol. The van der Waals surface area contributed by atoms with Crippen molar-refractivity contribution < 1.29 is 23.5 Å². The summed E-state index contributed by atoms with van der Waals surface area (Å²) in [6.45, 7) is 16.8. The second-order valence-electron chi connectivity index (χ2n) is 11.5. The number of hydrogen-bond acceptors (Lipinski definition) is 5. The first kappa shape index (κ1) is 40.7. The Kier molecular flexibility index (Phi) is 23.2. The van der Waals surface area contributed by atoms with Gasteiger partial charge in [-0.25, -0.2) is 4.39 Å². The van der Waals surface area contributed by atoms with E-state index in [4.69, 9.17) is 4.74 Å². The molecule has 2 amide bonds. The number of rotatable bonds is 14. The molecule has 1 saturated carbocycles. The molecule has 0 bridgehead atoms. The first-order valence-electron chi connectivity index (χ1n) is 16.1. The highest BCUT2D eigenvalue weighted by Crippen LogP contribution is 2.20. The lowest BCUT2D eigenvalue weighted by atomic mass is 10.1. The molecule has 2 unspecified atom stereocenters. The fourth-order valence-electron chi connectivity index (χ4n) is 2.98. The molecule has 3 N–H and O–H groups in total. The minimum atomic E-state index is -0.189. The SMILES string of the molecule is C1CC1.CCC(=O)NCC(=O)NCCCc1ccccc1OC(C)CNC(C)C(C)=O.CCC(C)C.Cc1ccc(F)cc1. The van der Waals surface area contributed by atoms with Crippen molar-refractivity contribution in [2.75, 3.05) is 19.6 Å². The van der Waals surface area contributed by atoms with Gasteiger partial charge in [-0.1, -0.05) is 89.3 Å². The molecule has 0 spiro atoms. The minimum absolute atomic E-state index is 0.00950. The van der Waals surface area contributed by atoms with E-state index in [2.05, 4.69) is 36.7 Å². The van der Waals surface area contributed by atoms with Crippen LogP contribution in [0.5, 0.6) is 5.75 Å². The van der Waals surface area contributed by atoms with E-state index in [9.17, 15) is 18.8 Å². The molecule has 8 heteroatoms. The van der Waals surface area contributed by atoms with E-state index in [1.165, 1.54) is 37.8 Å². The largest absolute Gasteiger partial charge is 0.489 e. The van der Waals surface area contributed by atoms with Gasteiger partial charge in [-0.3, -0.25) is 14.4 Å². The summed E-state index contributed by atoms with van der Waals surface area (Å²) in [7, 11) is 0. The van der Waals surface area contributed by atoms with Gasteiger partial charge in [0.1, 0.15) is 23.5 Å². The fraction of sp³-hybridized carbons (Fsp3) is 0.583. The van der Waals surface area contributed by atoms with E-state index in [1.54, 1.807) is 26.0 Å². The average Bonchev–Trinajstić information content (AvgIpc) is 3.89. The van der Waals surface area contributed by atoms with Crippen molar-refractivity contribution in [3.05, 3.63) is 65.5 Å². The van der Waals surface area contributed by atoms with Gasteiger partial charge in [0.15, 0.2) is 0 Å². The summed E-state index contributed by atoms with van der Waals surface area (Å²) in [4.78, 5) is 34.1. The topological polar surface area (TPSA) is 96.5 Å². The first-order valence-corrected chi connectivity index (χ1v) is 16.1. The van der Waals surface area contributed by atoms with Crippen LogP contribution in [0.1, 0.15) is 98.1 Å². The molecule has 0 aliphatic heterocycles. The molecule has 1 aliphatic carbocycles. The van der Waals surface area contributed by atoms with E-state index < -0.39 is 0 Å². The predicted octanol–water partition coefficient (Wildman–Crippen LogP) is 6.95. The van der Waals surface area contributed by atoms with E-state index in [-0.39, 0.29) is 42.1 Å². The molecule has 7 nitrogen and oxygen atoms in total. The number of para-hydroxylation sites is 1. The van der Waals surface area contributed by atoms with Crippen LogP contribution in [0.25, 0.3) is 0 Å².